The van der Waals surface area contributed by atoms with E-state index in [9.17, 15) is 17.8 Å². The van der Waals surface area contributed by atoms with Gasteiger partial charge in [-0.2, -0.15) is 5.10 Å². The summed E-state index contributed by atoms with van der Waals surface area (Å²) < 4.78 is 47.0. The Morgan fingerprint density at radius 2 is 1.93 bits per heavy atom. The summed E-state index contributed by atoms with van der Waals surface area (Å²) in [6.07, 6.45) is 10.7. The number of hydrogen-bond donors (Lipinski definition) is 0. The van der Waals surface area contributed by atoms with E-state index in [2.05, 4.69) is 20.2 Å². The Morgan fingerprint density at radius 1 is 1.12 bits per heavy atom. The molecule has 3 aromatic heterocycles. The standard InChI is InChI=1S/C30H29F2N7O2S/c1-37-18-34-29(36-37)42(41)38(17-19-2-3-19)25-7-4-21-12-27-20(16-35-39(27)24-8-5-22(31)6-9-24)14-30(21,15-25)28(40)26-13-23(32)10-11-33-26/h5-6,8-13,16,18-19,25H,2-4,7,14-15,17H2,1H3. The molecule has 0 saturated heterocycles. The number of halogens is 2. The maximum Gasteiger partial charge on any atom is 0.254 e. The number of aryl methyl sites for hydroxylation is 1. The zero-order valence-electron chi connectivity index (χ0n) is 23.0. The van der Waals surface area contributed by atoms with E-state index in [1.165, 1.54) is 41.5 Å². The number of fused-ring (bicyclic) bond motifs is 2. The number of Topliss-reactive ketones (excluding diaryl/α,β-unsaturated/α-hetero) is 1. The van der Waals surface area contributed by atoms with E-state index in [0.29, 0.717) is 43.8 Å². The quantitative estimate of drug-likeness (QED) is 0.281. The molecule has 0 spiro atoms. The molecule has 0 aliphatic heterocycles. The molecule has 7 rings (SSSR count). The summed E-state index contributed by atoms with van der Waals surface area (Å²) in [6.45, 7) is 0.630. The number of nitrogens with zero attached hydrogens (tertiary/aromatic N) is 7. The zero-order valence-corrected chi connectivity index (χ0v) is 23.8. The van der Waals surface area contributed by atoms with E-state index < -0.39 is 22.2 Å². The zero-order chi connectivity index (χ0) is 29.0. The van der Waals surface area contributed by atoms with Gasteiger partial charge >= 0.3 is 0 Å². The van der Waals surface area contributed by atoms with Crippen LogP contribution >= 0.6 is 0 Å². The van der Waals surface area contributed by atoms with Gasteiger partial charge < -0.3 is 0 Å². The first kappa shape index (κ1) is 27.0. The van der Waals surface area contributed by atoms with Crippen molar-refractivity contribution in [2.45, 2.75) is 49.7 Å². The van der Waals surface area contributed by atoms with Crippen LogP contribution in [0.2, 0.25) is 0 Å². The lowest BCUT2D eigenvalue weighted by Gasteiger charge is -2.46. The van der Waals surface area contributed by atoms with Crippen molar-refractivity contribution in [2.24, 2.45) is 18.4 Å². The van der Waals surface area contributed by atoms with Crippen LogP contribution in [0.25, 0.3) is 11.8 Å². The number of carbonyl (C=O) groups is 1. The number of hydrogen-bond acceptors (Lipinski definition) is 6. The first-order chi connectivity index (χ1) is 20.3. The Kier molecular flexibility index (Phi) is 6.69. The predicted octanol–water partition coefficient (Wildman–Crippen LogP) is 4.47. The van der Waals surface area contributed by atoms with Gasteiger partial charge in [0.25, 0.3) is 5.16 Å². The minimum absolute atomic E-state index is 0.0668. The molecule has 0 radical (unpaired) electrons. The SMILES string of the molecule is Cn1cnc(S(=O)N(CC2CC2)C2CCC3=Cc4c(cnn4-c4ccc(F)cc4)CC3(C(=O)c3cc(F)ccn3)C2)n1. The fraction of sp³-hybridized carbons (Fsp3) is 0.367. The molecule has 3 unspecified atom stereocenters. The lowest BCUT2D eigenvalue weighted by molar-refractivity contribution is 0.0737. The Morgan fingerprint density at radius 3 is 2.64 bits per heavy atom. The second-order valence-electron chi connectivity index (χ2n) is 11.4. The van der Waals surface area contributed by atoms with Gasteiger partial charge in [-0.15, -0.1) is 5.10 Å². The third-order valence-electron chi connectivity index (χ3n) is 8.59. The van der Waals surface area contributed by atoms with E-state index in [1.54, 1.807) is 30.1 Å². The molecular weight excluding hydrogens is 560 g/mol. The van der Waals surface area contributed by atoms with Gasteiger partial charge in [-0.05, 0) is 86.4 Å². The second-order valence-corrected chi connectivity index (χ2v) is 12.8. The van der Waals surface area contributed by atoms with Gasteiger partial charge in [0, 0.05) is 31.9 Å². The van der Waals surface area contributed by atoms with E-state index in [0.717, 1.165) is 29.7 Å². The highest BCUT2D eigenvalue weighted by molar-refractivity contribution is 7.82. The topological polar surface area (TPSA) is 98.8 Å². The van der Waals surface area contributed by atoms with Gasteiger partial charge in [0.05, 0.1) is 23.0 Å². The van der Waals surface area contributed by atoms with Crippen molar-refractivity contribution in [3.05, 3.63) is 89.3 Å². The molecule has 0 N–H and O–H groups in total. The van der Waals surface area contributed by atoms with E-state index in [-0.39, 0.29) is 28.5 Å². The van der Waals surface area contributed by atoms with Crippen LogP contribution in [0.5, 0.6) is 0 Å². The van der Waals surface area contributed by atoms with Crippen LogP contribution in [0.3, 0.4) is 0 Å². The monoisotopic (exact) mass is 589 g/mol. The third kappa shape index (κ3) is 4.82. The summed E-state index contributed by atoms with van der Waals surface area (Å²) in [4.78, 5) is 22.9. The molecule has 3 heterocycles. The second kappa shape index (κ2) is 10.4. The van der Waals surface area contributed by atoms with Gasteiger partial charge in [0.15, 0.2) is 16.8 Å². The van der Waals surface area contributed by atoms with Crippen LogP contribution in [0.4, 0.5) is 8.78 Å². The molecular formula is C30H29F2N7O2S. The Hall–Kier alpha value is -3.90. The Balaban J connectivity index is 1.30. The highest BCUT2D eigenvalue weighted by Gasteiger charge is 2.51. The summed E-state index contributed by atoms with van der Waals surface area (Å²) in [7, 11) is 0.137. The van der Waals surface area contributed by atoms with Gasteiger partial charge in [-0.1, -0.05) is 5.57 Å². The number of pyridine rings is 1. The smallest absolute Gasteiger partial charge is 0.254 e. The van der Waals surface area contributed by atoms with Crippen LogP contribution in [0.1, 0.15) is 53.8 Å². The van der Waals surface area contributed by atoms with Gasteiger partial charge in [0.1, 0.15) is 23.7 Å². The van der Waals surface area contributed by atoms with Gasteiger partial charge in [-0.3, -0.25) is 14.5 Å². The molecule has 3 aliphatic rings. The first-order valence-corrected chi connectivity index (χ1v) is 15.2. The average molecular weight is 590 g/mol. The van der Waals surface area contributed by atoms with Crippen LogP contribution in [0, 0.1) is 23.0 Å². The number of aromatic nitrogens is 6. The molecule has 3 atom stereocenters. The summed E-state index contributed by atoms with van der Waals surface area (Å²) in [5.74, 6) is -0.678. The molecule has 2 fully saturated rings. The highest BCUT2D eigenvalue weighted by Crippen LogP contribution is 2.51. The van der Waals surface area contributed by atoms with Gasteiger partial charge in [-0.25, -0.2) is 27.0 Å². The third-order valence-corrected chi connectivity index (χ3v) is 9.96. The Labute approximate surface area is 243 Å². The fourth-order valence-electron chi connectivity index (χ4n) is 6.30. The molecule has 0 bridgehead atoms. The lowest BCUT2D eigenvalue weighted by Crippen LogP contribution is -2.50. The van der Waals surface area contributed by atoms with Crippen LogP contribution in [-0.2, 0) is 24.5 Å². The summed E-state index contributed by atoms with van der Waals surface area (Å²) >= 11 is 0. The molecule has 1 aromatic carbocycles. The largest absolute Gasteiger partial charge is 0.291 e. The maximum absolute atomic E-state index is 14.4. The molecule has 4 aromatic rings. The van der Waals surface area contributed by atoms with Crippen molar-refractivity contribution in [1.82, 2.24) is 33.8 Å². The first-order valence-electron chi connectivity index (χ1n) is 14.1. The Bertz CT molecular complexity index is 1730. The molecule has 9 nitrogen and oxygen atoms in total. The predicted molar refractivity (Wildman–Crippen MR) is 151 cm³/mol. The van der Waals surface area contributed by atoms with E-state index >= 15 is 0 Å². The normalized spacial score (nSPS) is 22.4. The van der Waals surface area contributed by atoms with Crippen molar-refractivity contribution in [3.63, 3.8) is 0 Å². The minimum Gasteiger partial charge on any atom is -0.291 e. The van der Waals surface area contributed by atoms with E-state index in [1.807, 2.05) is 10.4 Å². The number of ketones is 1. The number of carbonyl (C=O) groups excluding carboxylic acids is 1. The van der Waals surface area contributed by atoms with Crippen molar-refractivity contribution in [3.8, 4) is 5.69 Å². The van der Waals surface area contributed by atoms with Crippen LogP contribution < -0.4 is 0 Å². The van der Waals surface area contributed by atoms with Crippen molar-refractivity contribution in [1.29, 1.82) is 0 Å². The lowest BCUT2D eigenvalue weighted by atomic mass is 9.60. The van der Waals surface area contributed by atoms with Crippen LogP contribution in [-0.4, -0.2) is 56.4 Å². The average Bonchev–Trinajstić information content (AvgIpc) is 3.57. The molecule has 0 amide bonds. The van der Waals surface area contributed by atoms with Gasteiger partial charge in [0.2, 0.25) is 0 Å². The van der Waals surface area contributed by atoms with Crippen LogP contribution in [0.15, 0.2) is 65.8 Å². The number of rotatable bonds is 8. The van der Waals surface area contributed by atoms with Crippen molar-refractivity contribution < 1.29 is 17.8 Å². The highest BCUT2D eigenvalue weighted by atomic mass is 32.2. The molecule has 2 saturated carbocycles. The van der Waals surface area contributed by atoms with E-state index in [4.69, 9.17) is 0 Å². The number of benzene rings is 1. The minimum atomic E-state index is -1.60. The maximum atomic E-state index is 14.4. The molecule has 3 aliphatic carbocycles. The summed E-state index contributed by atoms with van der Waals surface area (Å²) in [5, 5.41) is 9.15. The van der Waals surface area contributed by atoms with Crippen molar-refractivity contribution >= 4 is 22.8 Å². The van der Waals surface area contributed by atoms with Crippen molar-refractivity contribution in [2.75, 3.05) is 6.54 Å². The molecule has 216 valence electrons. The fourth-order valence-corrected chi connectivity index (χ4v) is 7.65. The number of allylic oxidation sites excluding steroid dienone is 1. The molecule has 12 heteroatoms. The summed E-state index contributed by atoms with van der Waals surface area (Å²) in [6, 6.07) is 8.32. The molecule has 42 heavy (non-hydrogen) atoms. The summed E-state index contributed by atoms with van der Waals surface area (Å²) in [5.41, 5.74) is 2.37.